The number of likely N-dealkylation sites (tertiary alicyclic amines) is 1. The van der Waals surface area contributed by atoms with Gasteiger partial charge in [-0.2, -0.15) is 0 Å². The molecule has 11 N–H and O–H groups in total. The van der Waals surface area contributed by atoms with E-state index in [0.29, 0.717) is 38.8 Å². The fraction of sp³-hybridized carbons (Fsp3) is 0.706. The van der Waals surface area contributed by atoms with Crippen molar-refractivity contribution in [3.63, 3.8) is 0 Å². The molecule has 0 aromatic heterocycles. The lowest BCUT2D eigenvalue weighted by molar-refractivity contribution is -0.144. The number of nitrogens with zero attached hydrogens (tertiary/aromatic N) is 2. The maximum Gasteiger partial charge on any atom is 0.328 e. The van der Waals surface area contributed by atoms with Gasteiger partial charge in [0.1, 0.15) is 18.1 Å². The average Bonchev–Trinajstić information content (AvgIpc) is 3.21. The van der Waals surface area contributed by atoms with Crippen molar-refractivity contribution in [3.8, 4) is 0 Å². The van der Waals surface area contributed by atoms with E-state index in [1.807, 2.05) is 5.32 Å². The summed E-state index contributed by atoms with van der Waals surface area (Å²) in [6.45, 7) is -1.05. The number of carbonyl (C=O) groups is 4. The van der Waals surface area contributed by atoms with Crippen LogP contribution in [0.25, 0.3) is 0 Å². The largest absolute Gasteiger partial charge is 0.480 e. The minimum atomic E-state index is -1.58. The molecular weight excluding hydrogens is 414 g/mol. The van der Waals surface area contributed by atoms with Crippen LogP contribution in [0, 0.1) is 0 Å². The number of aliphatic hydroxyl groups is 2. The van der Waals surface area contributed by atoms with Gasteiger partial charge in [-0.25, -0.2) is 4.79 Å². The summed E-state index contributed by atoms with van der Waals surface area (Å²) in [6, 6.07) is -4.78. The molecule has 0 aromatic carbocycles. The minimum absolute atomic E-state index is 0.0627. The molecule has 176 valence electrons. The highest BCUT2D eigenvalue weighted by atomic mass is 16.4. The number of hydrogen-bond acceptors (Lipinski definition) is 8. The lowest BCUT2D eigenvalue weighted by Crippen LogP contribution is -2.58. The Kier molecular flexibility index (Phi) is 10.6. The molecule has 0 spiro atoms. The van der Waals surface area contributed by atoms with Crippen LogP contribution in [0.1, 0.15) is 25.7 Å². The first kappa shape index (κ1) is 26.1. The Hall–Kier alpha value is -2.97. The van der Waals surface area contributed by atoms with Gasteiger partial charge in [0.15, 0.2) is 5.96 Å². The van der Waals surface area contributed by atoms with Crippen LogP contribution in [0.2, 0.25) is 0 Å². The number of guanidine groups is 1. The van der Waals surface area contributed by atoms with Gasteiger partial charge in [0.25, 0.3) is 0 Å². The molecule has 0 radical (unpaired) electrons. The van der Waals surface area contributed by atoms with E-state index in [9.17, 15) is 24.3 Å². The van der Waals surface area contributed by atoms with Crippen LogP contribution >= 0.6 is 0 Å². The predicted octanol–water partition coefficient (Wildman–Crippen LogP) is -4.60. The number of aliphatic imine (C=N–C) groups is 1. The first-order valence-corrected chi connectivity index (χ1v) is 9.79. The highest BCUT2D eigenvalue weighted by Crippen LogP contribution is 2.19. The van der Waals surface area contributed by atoms with Crippen molar-refractivity contribution in [3.05, 3.63) is 0 Å². The second-order valence-electron chi connectivity index (χ2n) is 7.07. The van der Waals surface area contributed by atoms with Crippen LogP contribution in [0.3, 0.4) is 0 Å². The van der Waals surface area contributed by atoms with Crippen LogP contribution in [0.4, 0.5) is 0 Å². The smallest absolute Gasteiger partial charge is 0.328 e. The lowest BCUT2D eigenvalue weighted by atomic mass is 10.1. The van der Waals surface area contributed by atoms with Gasteiger partial charge in [0.2, 0.25) is 17.7 Å². The third-order valence-electron chi connectivity index (χ3n) is 4.74. The molecule has 14 nitrogen and oxygen atoms in total. The SMILES string of the molecule is NC(N)=NCCCC(N)C(=O)N1CCCC1C(=O)NC(CO)C(=O)NC(CO)C(=O)O. The van der Waals surface area contributed by atoms with Crippen molar-refractivity contribution in [1.29, 1.82) is 0 Å². The van der Waals surface area contributed by atoms with E-state index < -0.39 is 61.1 Å². The fourth-order valence-corrected chi connectivity index (χ4v) is 3.08. The molecule has 0 aromatic rings. The number of amides is 3. The summed E-state index contributed by atoms with van der Waals surface area (Å²) in [5.74, 6) is -3.63. The molecule has 14 heteroatoms. The summed E-state index contributed by atoms with van der Waals surface area (Å²) in [4.78, 5) is 53.5. The Morgan fingerprint density at radius 1 is 1.10 bits per heavy atom. The monoisotopic (exact) mass is 445 g/mol. The third kappa shape index (κ3) is 7.99. The number of aliphatic carboxylic acids is 1. The molecule has 1 saturated heterocycles. The molecular formula is C17H31N7O7. The van der Waals surface area contributed by atoms with Gasteiger partial charge >= 0.3 is 5.97 Å². The average molecular weight is 445 g/mol. The summed E-state index contributed by atoms with van der Waals surface area (Å²) in [7, 11) is 0. The van der Waals surface area contributed by atoms with Crippen LogP contribution in [0.5, 0.6) is 0 Å². The molecule has 3 amide bonds. The van der Waals surface area contributed by atoms with E-state index in [1.54, 1.807) is 0 Å². The zero-order valence-corrected chi connectivity index (χ0v) is 17.1. The highest BCUT2D eigenvalue weighted by Gasteiger charge is 2.37. The van der Waals surface area contributed by atoms with Crippen LogP contribution in [-0.4, -0.2) is 100 Å². The van der Waals surface area contributed by atoms with E-state index in [1.165, 1.54) is 4.90 Å². The summed E-state index contributed by atoms with van der Waals surface area (Å²) in [5.41, 5.74) is 16.4. The van der Waals surface area contributed by atoms with E-state index in [4.69, 9.17) is 27.4 Å². The van der Waals surface area contributed by atoms with Gasteiger partial charge in [0.05, 0.1) is 19.3 Å². The molecule has 1 fully saturated rings. The van der Waals surface area contributed by atoms with Gasteiger partial charge in [-0.05, 0) is 25.7 Å². The summed E-state index contributed by atoms with van der Waals surface area (Å²) >= 11 is 0. The maximum atomic E-state index is 12.7. The Bertz CT molecular complexity index is 684. The number of rotatable bonds is 12. The maximum absolute atomic E-state index is 12.7. The number of aliphatic hydroxyl groups excluding tert-OH is 2. The van der Waals surface area contributed by atoms with Gasteiger partial charge in [0, 0.05) is 13.1 Å². The normalized spacial score (nSPS) is 18.5. The molecule has 1 aliphatic rings. The van der Waals surface area contributed by atoms with Crippen LogP contribution < -0.4 is 27.8 Å². The van der Waals surface area contributed by atoms with Crippen molar-refractivity contribution >= 4 is 29.7 Å². The van der Waals surface area contributed by atoms with Crippen molar-refractivity contribution in [1.82, 2.24) is 15.5 Å². The standard InChI is InChI=1S/C17H31N7O7/c18-9(3-1-5-21-17(19)20)15(29)24-6-2-4-12(24)14(28)22-10(7-25)13(27)23-11(8-26)16(30)31/h9-12,25-26H,1-8,18H2,(H,22,28)(H,23,27)(H,30,31)(H4,19,20,21). The zero-order valence-electron chi connectivity index (χ0n) is 17.1. The summed E-state index contributed by atoms with van der Waals surface area (Å²) in [5, 5.41) is 31.6. The lowest BCUT2D eigenvalue weighted by Gasteiger charge is -2.28. The quantitative estimate of drug-likeness (QED) is 0.0810. The summed E-state index contributed by atoms with van der Waals surface area (Å²) in [6.07, 6.45) is 1.66. The second kappa shape index (κ2) is 12.7. The van der Waals surface area contributed by atoms with Crippen molar-refractivity contribution in [2.75, 3.05) is 26.3 Å². The molecule has 1 heterocycles. The second-order valence-corrected chi connectivity index (χ2v) is 7.07. The number of hydrogen-bond donors (Lipinski definition) is 8. The molecule has 4 atom stereocenters. The van der Waals surface area contributed by atoms with Gasteiger partial charge < -0.3 is 48.1 Å². The third-order valence-corrected chi connectivity index (χ3v) is 4.74. The van der Waals surface area contributed by atoms with Gasteiger partial charge in [-0.1, -0.05) is 0 Å². The number of carboxylic acid groups (broad SMARTS) is 1. The molecule has 1 rings (SSSR count). The van der Waals surface area contributed by atoms with E-state index in [2.05, 4.69) is 10.3 Å². The number of nitrogens with two attached hydrogens (primary N) is 3. The molecule has 0 aliphatic carbocycles. The van der Waals surface area contributed by atoms with E-state index >= 15 is 0 Å². The van der Waals surface area contributed by atoms with Crippen molar-refractivity contribution in [2.24, 2.45) is 22.2 Å². The predicted molar refractivity (Wildman–Crippen MR) is 108 cm³/mol. The Morgan fingerprint density at radius 2 is 1.74 bits per heavy atom. The Balaban J connectivity index is 2.69. The molecule has 0 bridgehead atoms. The number of carboxylic acids is 1. The number of carbonyl (C=O) groups excluding carboxylic acids is 3. The Labute approximate surface area is 178 Å². The Morgan fingerprint density at radius 3 is 2.29 bits per heavy atom. The minimum Gasteiger partial charge on any atom is -0.480 e. The van der Waals surface area contributed by atoms with E-state index in [0.717, 1.165) is 0 Å². The highest BCUT2D eigenvalue weighted by molar-refractivity contribution is 5.94. The number of nitrogens with one attached hydrogen (secondary N) is 2. The van der Waals surface area contributed by atoms with Crippen LogP contribution in [0.15, 0.2) is 4.99 Å². The first-order chi connectivity index (χ1) is 14.6. The van der Waals surface area contributed by atoms with Gasteiger partial charge in [-0.15, -0.1) is 0 Å². The molecule has 1 aliphatic heterocycles. The summed E-state index contributed by atoms with van der Waals surface area (Å²) < 4.78 is 0. The fourth-order valence-electron chi connectivity index (χ4n) is 3.08. The van der Waals surface area contributed by atoms with Crippen molar-refractivity contribution in [2.45, 2.75) is 49.9 Å². The van der Waals surface area contributed by atoms with Gasteiger partial charge in [-0.3, -0.25) is 19.4 Å². The topological polar surface area (TPSA) is 247 Å². The van der Waals surface area contributed by atoms with E-state index in [-0.39, 0.29) is 5.96 Å². The molecule has 4 unspecified atom stereocenters. The van der Waals surface area contributed by atoms with Crippen molar-refractivity contribution < 1.29 is 34.5 Å². The first-order valence-electron chi connectivity index (χ1n) is 9.79. The zero-order chi connectivity index (χ0) is 23.6. The van der Waals surface area contributed by atoms with Crippen LogP contribution in [-0.2, 0) is 19.2 Å². The molecule has 31 heavy (non-hydrogen) atoms. The molecule has 0 saturated carbocycles.